The second-order valence-electron chi connectivity index (χ2n) is 4.81. The maximum Gasteiger partial charge on any atom is 0.281 e. The maximum atomic E-state index is 13.6. The van der Waals surface area contributed by atoms with E-state index in [4.69, 9.17) is 28.9 Å². The predicted octanol–water partition coefficient (Wildman–Crippen LogP) is 4.03. The summed E-state index contributed by atoms with van der Waals surface area (Å²) in [6.45, 7) is 0. The first-order chi connectivity index (χ1) is 11.8. The molecule has 11 heteroatoms. The van der Waals surface area contributed by atoms with Gasteiger partial charge in [0.1, 0.15) is 15.8 Å². The van der Waals surface area contributed by atoms with Crippen molar-refractivity contribution in [1.82, 2.24) is 9.97 Å². The van der Waals surface area contributed by atoms with Crippen LogP contribution in [-0.4, -0.2) is 18.4 Å². The van der Waals surface area contributed by atoms with Crippen molar-refractivity contribution in [3.63, 3.8) is 0 Å². The zero-order valence-electron chi connectivity index (χ0n) is 12.2. The number of nitrogens with zero attached hydrogens (tertiary/aromatic N) is 2. The summed E-state index contributed by atoms with van der Waals surface area (Å²) in [6.07, 6.45) is 1.23. The Kier molecular flexibility index (Phi) is 4.83. The molecule has 3 aromatic rings. The van der Waals surface area contributed by atoms with Gasteiger partial charge in [0.15, 0.2) is 10.2 Å². The molecule has 130 valence electrons. The van der Waals surface area contributed by atoms with Crippen molar-refractivity contribution in [2.75, 3.05) is 10.5 Å². The molecule has 0 aliphatic rings. The lowest BCUT2D eigenvalue weighted by Crippen LogP contribution is -2.14. The van der Waals surface area contributed by atoms with Crippen LogP contribution in [0.25, 0.3) is 11.3 Å². The minimum absolute atomic E-state index is 0.0222. The molecular weight excluding hydrogens is 410 g/mol. The van der Waals surface area contributed by atoms with E-state index in [1.807, 2.05) is 0 Å². The Balaban J connectivity index is 1.92. The van der Waals surface area contributed by atoms with Crippen LogP contribution in [0.3, 0.4) is 0 Å². The summed E-state index contributed by atoms with van der Waals surface area (Å²) in [4.78, 5) is 7.87. The molecular formula is C14H9Cl2FN4O2S2. The van der Waals surface area contributed by atoms with E-state index in [0.717, 1.165) is 11.3 Å². The molecule has 0 radical (unpaired) electrons. The molecule has 0 spiro atoms. The van der Waals surface area contributed by atoms with Crippen LogP contribution in [0.1, 0.15) is 0 Å². The molecule has 0 saturated carbocycles. The van der Waals surface area contributed by atoms with Gasteiger partial charge in [0.25, 0.3) is 10.0 Å². The van der Waals surface area contributed by atoms with Gasteiger partial charge in [-0.05, 0) is 24.3 Å². The van der Waals surface area contributed by atoms with Crippen molar-refractivity contribution in [2.24, 2.45) is 0 Å². The quantitative estimate of drug-likeness (QED) is 0.665. The first-order valence-electron chi connectivity index (χ1n) is 6.62. The molecule has 1 aromatic carbocycles. The summed E-state index contributed by atoms with van der Waals surface area (Å²) in [7, 11) is -3.95. The monoisotopic (exact) mass is 418 g/mol. The maximum absolute atomic E-state index is 13.6. The van der Waals surface area contributed by atoms with Crippen LogP contribution >= 0.6 is 34.5 Å². The van der Waals surface area contributed by atoms with Crippen LogP contribution in [-0.2, 0) is 10.0 Å². The first-order valence-corrected chi connectivity index (χ1v) is 9.68. The van der Waals surface area contributed by atoms with E-state index in [1.165, 1.54) is 36.5 Å². The normalized spacial score (nSPS) is 11.5. The van der Waals surface area contributed by atoms with Crippen molar-refractivity contribution in [1.29, 1.82) is 0 Å². The van der Waals surface area contributed by atoms with Gasteiger partial charge in [-0.25, -0.2) is 14.4 Å². The SMILES string of the molecule is Nc1ccc(S(=O)(=O)Nc2nc(-c3ccc(Cl)c(F)c3)c(Cl)s2)nc1. The Bertz CT molecular complexity index is 1040. The van der Waals surface area contributed by atoms with Gasteiger partial charge in [0.2, 0.25) is 0 Å². The average Bonchev–Trinajstić information content (AvgIpc) is 2.90. The topological polar surface area (TPSA) is 98.0 Å². The summed E-state index contributed by atoms with van der Waals surface area (Å²) in [5, 5.41) is -0.230. The summed E-state index contributed by atoms with van der Waals surface area (Å²) < 4.78 is 40.7. The third kappa shape index (κ3) is 3.84. The van der Waals surface area contributed by atoms with Gasteiger partial charge in [-0.15, -0.1) is 0 Å². The van der Waals surface area contributed by atoms with Crippen molar-refractivity contribution < 1.29 is 12.8 Å². The minimum atomic E-state index is -3.95. The molecule has 6 nitrogen and oxygen atoms in total. The third-order valence-corrected chi connectivity index (χ3v) is 5.89. The highest BCUT2D eigenvalue weighted by Gasteiger charge is 2.20. The molecule has 0 aliphatic carbocycles. The predicted molar refractivity (Wildman–Crippen MR) is 97.0 cm³/mol. The molecule has 3 N–H and O–H groups in total. The van der Waals surface area contributed by atoms with Crippen LogP contribution in [0.15, 0.2) is 41.6 Å². The van der Waals surface area contributed by atoms with Gasteiger partial charge in [0, 0.05) is 5.56 Å². The van der Waals surface area contributed by atoms with Crippen LogP contribution in [0.4, 0.5) is 15.2 Å². The molecule has 0 atom stereocenters. The molecule has 3 rings (SSSR count). The molecule has 25 heavy (non-hydrogen) atoms. The highest BCUT2D eigenvalue weighted by atomic mass is 35.5. The van der Waals surface area contributed by atoms with Crippen LogP contribution < -0.4 is 10.5 Å². The smallest absolute Gasteiger partial charge is 0.281 e. The van der Waals surface area contributed by atoms with Gasteiger partial charge in [-0.1, -0.05) is 40.6 Å². The molecule has 0 bridgehead atoms. The summed E-state index contributed by atoms with van der Waals surface area (Å²) in [5.74, 6) is -0.628. The number of benzene rings is 1. The van der Waals surface area contributed by atoms with Crippen molar-refractivity contribution in [3.8, 4) is 11.3 Å². The Morgan fingerprint density at radius 3 is 2.60 bits per heavy atom. The second-order valence-corrected chi connectivity index (χ2v) is 8.44. The first kappa shape index (κ1) is 17.9. The zero-order chi connectivity index (χ0) is 18.2. The van der Waals surface area contributed by atoms with E-state index in [1.54, 1.807) is 0 Å². The summed E-state index contributed by atoms with van der Waals surface area (Å²) in [5.41, 5.74) is 6.44. The molecule has 2 heterocycles. The Morgan fingerprint density at radius 1 is 1.20 bits per heavy atom. The number of nitrogens with one attached hydrogen (secondary N) is 1. The number of nitrogen functional groups attached to an aromatic ring is 1. The van der Waals surface area contributed by atoms with Gasteiger partial charge in [0.05, 0.1) is 16.9 Å². The highest BCUT2D eigenvalue weighted by Crippen LogP contribution is 2.36. The molecule has 0 amide bonds. The number of sulfonamides is 1. The Labute approximate surface area is 156 Å². The molecule has 2 aromatic heterocycles. The number of pyridine rings is 1. The number of anilines is 2. The number of aromatic nitrogens is 2. The van der Waals surface area contributed by atoms with E-state index >= 15 is 0 Å². The fraction of sp³-hybridized carbons (Fsp3) is 0. The zero-order valence-corrected chi connectivity index (χ0v) is 15.3. The largest absolute Gasteiger partial charge is 0.397 e. The minimum Gasteiger partial charge on any atom is -0.397 e. The highest BCUT2D eigenvalue weighted by molar-refractivity contribution is 7.92. The number of thiazole rings is 1. The molecule has 0 aliphatic heterocycles. The number of hydrogen-bond acceptors (Lipinski definition) is 6. The Morgan fingerprint density at radius 2 is 1.96 bits per heavy atom. The van der Waals surface area contributed by atoms with E-state index in [-0.39, 0.29) is 25.2 Å². The number of hydrogen-bond donors (Lipinski definition) is 2. The molecule has 0 saturated heterocycles. The van der Waals surface area contributed by atoms with Crippen LogP contribution in [0.5, 0.6) is 0 Å². The second kappa shape index (κ2) is 6.75. The van der Waals surface area contributed by atoms with Gasteiger partial charge < -0.3 is 5.73 Å². The fourth-order valence-electron chi connectivity index (χ4n) is 1.88. The molecule has 0 unspecified atom stereocenters. The fourth-order valence-corrected chi connectivity index (χ4v) is 4.25. The average molecular weight is 419 g/mol. The van der Waals surface area contributed by atoms with E-state index in [2.05, 4.69) is 14.7 Å². The van der Waals surface area contributed by atoms with E-state index in [0.29, 0.717) is 11.3 Å². The Hall–Kier alpha value is -1.94. The van der Waals surface area contributed by atoms with Gasteiger partial charge in [-0.2, -0.15) is 8.42 Å². The number of halogens is 3. The lowest BCUT2D eigenvalue weighted by atomic mass is 10.2. The third-order valence-electron chi connectivity index (χ3n) is 3.04. The van der Waals surface area contributed by atoms with E-state index < -0.39 is 15.8 Å². The van der Waals surface area contributed by atoms with Crippen molar-refractivity contribution in [2.45, 2.75) is 5.03 Å². The standard InChI is InChI=1S/C14H9Cl2FN4O2S2/c15-9-3-1-7(5-10(9)17)12-13(16)24-14(20-12)21-25(22,23)11-4-2-8(18)6-19-11/h1-6H,18H2,(H,20,21). The lowest BCUT2D eigenvalue weighted by molar-refractivity contribution is 0.597. The van der Waals surface area contributed by atoms with Gasteiger partial charge in [-0.3, -0.25) is 4.72 Å². The summed E-state index contributed by atoms with van der Waals surface area (Å²) >= 11 is 12.6. The van der Waals surface area contributed by atoms with Crippen molar-refractivity contribution in [3.05, 3.63) is 51.7 Å². The van der Waals surface area contributed by atoms with Crippen LogP contribution in [0, 0.1) is 5.82 Å². The number of rotatable bonds is 4. The lowest BCUT2D eigenvalue weighted by Gasteiger charge is -2.04. The van der Waals surface area contributed by atoms with Crippen molar-refractivity contribution >= 4 is 55.4 Å². The number of nitrogens with two attached hydrogens (primary N) is 1. The summed E-state index contributed by atoms with van der Waals surface area (Å²) in [6, 6.07) is 6.75. The van der Waals surface area contributed by atoms with Crippen LogP contribution in [0.2, 0.25) is 9.36 Å². The van der Waals surface area contributed by atoms with E-state index in [9.17, 15) is 12.8 Å². The van der Waals surface area contributed by atoms with Gasteiger partial charge >= 0.3 is 0 Å². The molecule has 0 fully saturated rings.